The first-order valence-corrected chi connectivity index (χ1v) is 6.56. The molecule has 1 fully saturated rings. The average molecular weight is 281 g/mol. The number of hydrogen-bond acceptors (Lipinski definition) is 3. The molecule has 1 aromatic rings. The summed E-state index contributed by atoms with van der Waals surface area (Å²) in [5.74, 6) is 0.0639. The van der Waals surface area contributed by atoms with Gasteiger partial charge in [-0.3, -0.25) is 9.59 Å². The van der Waals surface area contributed by atoms with Gasteiger partial charge in [0.1, 0.15) is 5.75 Å². The minimum absolute atomic E-state index is 0.0321. The van der Waals surface area contributed by atoms with Gasteiger partial charge in [0, 0.05) is 11.1 Å². The number of halogens is 1. The lowest BCUT2D eigenvalue weighted by Crippen LogP contribution is -2.41. The molecule has 0 saturated heterocycles. The fraction of sp³-hybridized carbons (Fsp3) is 0.385. The molecule has 2 amide bonds. The quantitative estimate of drug-likeness (QED) is 0.886. The van der Waals surface area contributed by atoms with Crippen molar-refractivity contribution >= 4 is 29.1 Å². The van der Waals surface area contributed by atoms with Crippen molar-refractivity contribution < 1.29 is 14.3 Å². The van der Waals surface area contributed by atoms with Gasteiger partial charge in [0.15, 0.2) is 6.10 Å². The number of rotatable bonds is 3. The number of carbonyl (C=O) groups is 2. The Hall–Kier alpha value is -1.75. The zero-order valence-corrected chi connectivity index (χ0v) is 10.9. The van der Waals surface area contributed by atoms with Crippen LogP contribution in [-0.2, 0) is 9.59 Å². The van der Waals surface area contributed by atoms with Crippen LogP contribution in [0.5, 0.6) is 5.75 Å². The van der Waals surface area contributed by atoms with Crippen molar-refractivity contribution in [2.75, 3.05) is 5.32 Å². The topological polar surface area (TPSA) is 67.4 Å². The Kier molecular flexibility index (Phi) is 3.06. The standard InChI is InChI=1S/C13H13ClN2O3/c14-7-1-4-10-9(5-7)16-13(18)11(19-10)6-12(17)15-8-2-3-8/h1,4-5,8,11H,2-3,6H2,(H,15,17)(H,16,18). The van der Waals surface area contributed by atoms with E-state index in [-0.39, 0.29) is 24.3 Å². The molecule has 6 heteroatoms. The lowest BCUT2D eigenvalue weighted by atomic mass is 10.1. The zero-order chi connectivity index (χ0) is 13.4. The first kappa shape index (κ1) is 12.3. The Morgan fingerprint density at radius 1 is 1.47 bits per heavy atom. The van der Waals surface area contributed by atoms with Gasteiger partial charge in [-0.2, -0.15) is 0 Å². The summed E-state index contributed by atoms with van der Waals surface area (Å²) < 4.78 is 5.54. The van der Waals surface area contributed by atoms with Crippen LogP contribution < -0.4 is 15.4 Å². The van der Waals surface area contributed by atoms with Gasteiger partial charge >= 0.3 is 0 Å². The molecule has 1 heterocycles. The van der Waals surface area contributed by atoms with Gasteiger partial charge in [0.2, 0.25) is 5.91 Å². The highest BCUT2D eigenvalue weighted by molar-refractivity contribution is 6.31. The number of amides is 2. The molecule has 2 aliphatic rings. The molecule has 1 aliphatic carbocycles. The van der Waals surface area contributed by atoms with Crippen molar-refractivity contribution in [3.63, 3.8) is 0 Å². The Morgan fingerprint density at radius 3 is 3.00 bits per heavy atom. The molecule has 1 aromatic carbocycles. The van der Waals surface area contributed by atoms with E-state index in [9.17, 15) is 9.59 Å². The molecule has 1 atom stereocenters. The summed E-state index contributed by atoms with van der Waals surface area (Å²) in [5, 5.41) is 6.05. The Bertz CT molecular complexity index is 543. The van der Waals surface area contributed by atoms with E-state index in [2.05, 4.69) is 10.6 Å². The number of ether oxygens (including phenoxy) is 1. The van der Waals surface area contributed by atoms with Crippen LogP contribution >= 0.6 is 11.6 Å². The lowest BCUT2D eigenvalue weighted by Gasteiger charge is -2.25. The summed E-state index contributed by atoms with van der Waals surface area (Å²) in [6.07, 6.45) is 1.28. The van der Waals surface area contributed by atoms with Crippen molar-refractivity contribution in [1.82, 2.24) is 5.32 Å². The molecular formula is C13H13ClN2O3. The molecule has 1 unspecified atom stereocenters. The minimum atomic E-state index is -0.785. The third kappa shape index (κ3) is 2.81. The molecule has 1 aliphatic heterocycles. The highest BCUT2D eigenvalue weighted by atomic mass is 35.5. The summed E-state index contributed by atoms with van der Waals surface area (Å²) >= 11 is 5.84. The Morgan fingerprint density at radius 2 is 2.26 bits per heavy atom. The molecular weight excluding hydrogens is 268 g/mol. The van der Waals surface area contributed by atoms with Gasteiger partial charge in [-0.15, -0.1) is 0 Å². The maximum absolute atomic E-state index is 11.8. The van der Waals surface area contributed by atoms with Crippen LogP contribution in [0, 0.1) is 0 Å². The summed E-state index contributed by atoms with van der Waals surface area (Å²) in [6, 6.07) is 5.27. The van der Waals surface area contributed by atoms with E-state index in [1.165, 1.54) is 0 Å². The summed E-state index contributed by atoms with van der Waals surface area (Å²) in [7, 11) is 0. The normalized spacial score (nSPS) is 21.1. The predicted octanol–water partition coefficient (Wildman–Crippen LogP) is 1.71. The molecule has 2 N–H and O–H groups in total. The van der Waals surface area contributed by atoms with Crippen molar-refractivity contribution in [1.29, 1.82) is 0 Å². The van der Waals surface area contributed by atoms with Crippen molar-refractivity contribution in [2.45, 2.75) is 31.4 Å². The maximum Gasteiger partial charge on any atom is 0.266 e. The molecule has 19 heavy (non-hydrogen) atoms. The van der Waals surface area contributed by atoms with E-state index in [0.717, 1.165) is 12.8 Å². The largest absolute Gasteiger partial charge is 0.478 e. The van der Waals surface area contributed by atoms with Gasteiger partial charge < -0.3 is 15.4 Å². The first-order valence-electron chi connectivity index (χ1n) is 6.18. The monoisotopic (exact) mass is 280 g/mol. The number of nitrogens with one attached hydrogen (secondary N) is 2. The van der Waals surface area contributed by atoms with E-state index < -0.39 is 6.10 Å². The van der Waals surface area contributed by atoms with Crippen molar-refractivity contribution in [3.05, 3.63) is 23.2 Å². The van der Waals surface area contributed by atoms with Crippen LogP contribution in [0.15, 0.2) is 18.2 Å². The highest BCUT2D eigenvalue weighted by Crippen LogP contribution is 2.32. The van der Waals surface area contributed by atoms with E-state index in [0.29, 0.717) is 16.5 Å². The second-order valence-electron chi connectivity index (χ2n) is 4.78. The predicted molar refractivity (Wildman–Crippen MR) is 70.3 cm³/mol. The van der Waals surface area contributed by atoms with Gasteiger partial charge in [0.25, 0.3) is 5.91 Å². The fourth-order valence-corrected chi connectivity index (χ4v) is 2.11. The van der Waals surface area contributed by atoms with Gasteiger partial charge in [0.05, 0.1) is 12.1 Å². The van der Waals surface area contributed by atoms with Crippen LogP contribution in [0.3, 0.4) is 0 Å². The van der Waals surface area contributed by atoms with Crippen molar-refractivity contribution in [2.24, 2.45) is 0 Å². The maximum atomic E-state index is 11.8. The fourth-order valence-electron chi connectivity index (χ4n) is 1.94. The number of benzene rings is 1. The van der Waals surface area contributed by atoms with Gasteiger partial charge in [-0.25, -0.2) is 0 Å². The summed E-state index contributed by atoms with van der Waals surface area (Å²) in [5.41, 5.74) is 0.538. The lowest BCUT2D eigenvalue weighted by molar-refractivity contribution is -0.130. The van der Waals surface area contributed by atoms with Crippen LogP contribution in [0.2, 0.25) is 5.02 Å². The SMILES string of the molecule is O=C(CC1Oc2ccc(Cl)cc2NC1=O)NC1CC1. The molecule has 0 radical (unpaired) electrons. The minimum Gasteiger partial charge on any atom is -0.478 e. The highest BCUT2D eigenvalue weighted by Gasteiger charge is 2.31. The number of carbonyl (C=O) groups excluding carboxylic acids is 2. The summed E-state index contributed by atoms with van der Waals surface area (Å²) in [6.45, 7) is 0. The molecule has 0 aromatic heterocycles. The van der Waals surface area contributed by atoms with E-state index in [4.69, 9.17) is 16.3 Å². The first-order chi connectivity index (χ1) is 9.11. The molecule has 3 rings (SSSR count). The summed E-state index contributed by atoms with van der Waals surface area (Å²) in [4.78, 5) is 23.5. The second kappa shape index (κ2) is 4.74. The van der Waals surface area contributed by atoms with Crippen LogP contribution in [-0.4, -0.2) is 24.0 Å². The molecule has 0 bridgehead atoms. The number of anilines is 1. The zero-order valence-electron chi connectivity index (χ0n) is 10.1. The van der Waals surface area contributed by atoms with Crippen LogP contribution in [0.1, 0.15) is 19.3 Å². The van der Waals surface area contributed by atoms with Gasteiger partial charge in [-0.05, 0) is 31.0 Å². The van der Waals surface area contributed by atoms with E-state index >= 15 is 0 Å². The van der Waals surface area contributed by atoms with Crippen LogP contribution in [0.25, 0.3) is 0 Å². The molecule has 0 spiro atoms. The Balaban J connectivity index is 1.68. The third-order valence-electron chi connectivity index (χ3n) is 3.07. The molecule has 100 valence electrons. The van der Waals surface area contributed by atoms with Gasteiger partial charge in [-0.1, -0.05) is 11.6 Å². The van der Waals surface area contributed by atoms with Crippen LogP contribution in [0.4, 0.5) is 5.69 Å². The third-order valence-corrected chi connectivity index (χ3v) is 3.31. The van der Waals surface area contributed by atoms with E-state index in [1.54, 1.807) is 18.2 Å². The second-order valence-corrected chi connectivity index (χ2v) is 5.22. The Labute approximate surface area is 115 Å². The van der Waals surface area contributed by atoms with Crippen molar-refractivity contribution in [3.8, 4) is 5.75 Å². The smallest absolute Gasteiger partial charge is 0.266 e. The number of hydrogen-bond donors (Lipinski definition) is 2. The average Bonchev–Trinajstić information content (AvgIpc) is 3.14. The molecule has 1 saturated carbocycles. The van der Waals surface area contributed by atoms with E-state index in [1.807, 2.05) is 0 Å². The molecule has 5 nitrogen and oxygen atoms in total. The number of fused-ring (bicyclic) bond motifs is 1.